The molecule has 5 atom stereocenters. The molecule has 1 rings (SSSR count). The van der Waals surface area contributed by atoms with E-state index in [1.54, 1.807) is 6.92 Å². The summed E-state index contributed by atoms with van der Waals surface area (Å²) >= 11 is 0. The van der Waals surface area contributed by atoms with Gasteiger partial charge < -0.3 is 35.0 Å². The summed E-state index contributed by atoms with van der Waals surface area (Å²) in [6.07, 6.45) is 15.3. The van der Waals surface area contributed by atoms with Crippen molar-refractivity contribution in [2.75, 3.05) is 13.2 Å². The summed E-state index contributed by atoms with van der Waals surface area (Å²) in [4.78, 5) is 37.7. The topological polar surface area (TPSA) is 171 Å². The molecule has 0 bridgehead atoms. The number of Topliss-reactive ketones (excluding diaryl/α,β-unsaturated/α-hetero) is 1. The van der Waals surface area contributed by atoms with Crippen LogP contribution in [0.15, 0.2) is 106 Å². The number of aliphatic hydroxyl groups is 5. The smallest absolute Gasteiger partial charge is 0.307 e. The predicted octanol–water partition coefficient (Wildman–Crippen LogP) is 5.00. The molecule has 10 nitrogen and oxygen atoms in total. The first-order valence-electron chi connectivity index (χ1n) is 16.7. The standard InChI is InChI=1S/C40H56O10/c1-26(2)13-11-16-27(3)14-9-10-15-28(4)17-12-18-29(5)19-20-31-30(6)37(46)34(23-40(31,7)8)50-36(45)22-21-35(44)49-25-33(43)39(48)38(47)32(42)24-41/h9-20,32-34,38-39,41-43,47-48H,21-25H2,1-8H3. The Morgan fingerprint density at radius 3 is 1.84 bits per heavy atom. The lowest BCUT2D eigenvalue weighted by Crippen LogP contribution is -2.47. The summed E-state index contributed by atoms with van der Waals surface area (Å²) in [7, 11) is 0. The highest BCUT2D eigenvalue weighted by Crippen LogP contribution is 2.41. The molecule has 0 amide bonds. The summed E-state index contributed by atoms with van der Waals surface area (Å²) < 4.78 is 10.3. The number of aliphatic hydroxyl groups excluding tert-OH is 5. The first-order valence-corrected chi connectivity index (χ1v) is 16.7. The van der Waals surface area contributed by atoms with Gasteiger partial charge in [-0.15, -0.1) is 0 Å². The van der Waals surface area contributed by atoms with Gasteiger partial charge in [-0.2, -0.15) is 0 Å². The predicted molar refractivity (Wildman–Crippen MR) is 195 cm³/mol. The Balaban J connectivity index is 2.74. The number of rotatable bonds is 18. The molecule has 0 aromatic heterocycles. The average Bonchev–Trinajstić information content (AvgIpc) is 3.05. The Morgan fingerprint density at radius 2 is 1.28 bits per heavy atom. The van der Waals surface area contributed by atoms with Gasteiger partial charge in [0.2, 0.25) is 0 Å². The van der Waals surface area contributed by atoms with E-state index in [-0.39, 0.29) is 18.6 Å². The molecular weight excluding hydrogens is 640 g/mol. The molecule has 1 aliphatic rings. The minimum absolute atomic E-state index is 0.256. The van der Waals surface area contributed by atoms with E-state index < -0.39 is 67.5 Å². The third kappa shape index (κ3) is 16.2. The molecule has 0 saturated carbocycles. The maximum absolute atomic E-state index is 13.2. The summed E-state index contributed by atoms with van der Waals surface area (Å²) in [6, 6.07) is 0. The Kier molecular flexibility index (Phi) is 19.4. The van der Waals surface area contributed by atoms with Gasteiger partial charge in [-0.3, -0.25) is 14.4 Å². The number of ether oxygens (including phenoxy) is 2. The Morgan fingerprint density at radius 1 is 0.780 bits per heavy atom. The quantitative estimate of drug-likeness (QED) is 0.0971. The van der Waals surface area contributed by atoms with Crippen molar-refractivity contribution in [3.05, 3.63) is 106 Å². The number of ketones is 1. The van der Waals surface area contributed by atoms with Crippen molar-refractivity contribution < 1.29 is 49.4 Å². The van der Waals surface area contributed by atoms with Gasteiger partial charge in [-0.1, -0.05) is 109 Å². The highest BCUT2D eigenvalue weighted by Gasteiger charge is 2.40. The van der Waals surface area contributed by atoms with Crippen LogP contribution in [-0.2, 0) is 23.9 Å². The maximum Gasteiger partial charge on any atom is 0.307 e. The molecule has 0 aromatic rings. The van der Waals surface area contributed by atoms with Crippen LogP contribution in [0.5, 0.6) is 0 Å². The lowest BCUT2D eigenvalue weighted by atomic mass is 9.71. The number of allylic oxidation sites excluding steroid dienone is 17. The molecule has 276 valence electrons. The van der Waals surface area contributed by atoms with Crippen molar-refractivity contribution >= 4 is 17.7 Å². The zero-order valence-corrected chi connectivity index (χ0v) is 30.6. The first kappa shape index (κ1) is 44.1. The molecule has 5 unspecified atom stereocenters. The third-order valence-electron chi connectivity index (χ3n) is 7.89. The van der Waals surface area contributed by atoms with Crippen molar-refractivity contribution in [1.29, 1.82) is 0 Å². The molecule has 0 aromatic carbocycles. The van der Waals surface area contributed by atoms with E-state index in [1.807, 2.05) is 88.5 Å². The van der Waals surface area contributed by atoms with Crippen LogP contribution in [-0.4, -0.2) is 87.0 Å². The number of hydrogen-bond acceptors (Lipinski definition) is 10. The summed E-state index contributed by atoms with van der Waals surface area (Å²) in [6.45, 7) is 14.2. The molecule has 0 aliphatic heterocycles. The highest BCUT2D eigenvalue weighted by molar-refractivity contribution is 6.01. The second-order valence-electron chi connectivity index (χ2n) is 13.4. The SMILES string of the molecule is CC(C)=CC=CC(C)=CC=CC=C(C)C=CC=C(C)C=CC1=C(C)C(=O)C(OC(=O)CCC(=O)OCC(O)C(O)C(O)C(O)CO)CC1(C)C. The van der Waals surface area contributed by atoms with Crippen molar-refractivity contribution in [3.63, 3.8) is 0 Å². The van der Waals surface area contributed by atoms with Crippen LogP contribution < -0.4 is 0 Å². The van der Waals surface area contributed by atoms with Crippen molar-refractivity contribution in [2.24, 2.45) is 5.41 Å². The molecule has 0 saturated heterocycles. The van der Waals surface area contributed by atoms with Crippen molar-refractivity contribution in [3.8, 4) is 0 Å². The fraction of sp³-hybridized carbons (Fsp3) is 0.475. The van der Waals surface area contributed by atoms with E-state index in [4.69, 9.17) is 14.6 Å². The molecule has 0 spiro atoms. The summed E-state index contributed by atoms with van der Waals surface area (Å²) in [5, 5.41) is 47.5. The Hall–Kier alpha value is -3.93. The lowest BCUT2D eigenvalue weighted by molar-refractivity contribution is -0.161. The van der Waals surface area contributed by atoms with Gasteiger partial charge in [0.25, 0.3) is 0 Å². The maximum atomic E-state index is 13.2. The molecule has 5 N–H and O–H groups in total. The molecule has 50 heavy (non-hydrogen) atoms. The zero-order chi connectivity index (χ0) is 38.0. The molecule has 0 heterocycles. The van der Waals surface area contributed by atoms with Crippen molar-refractivity contribution in [1.82, 2.24) is 0 Å². The number of esters is 2. The van der Waals surface area contributed by atoms with Gasteiger partial charge in [-0.05, 0) is 58.1 Å². The largest absolute Gasteiger partial charge is 0.463 e. The summed E-state index contributed by atoms with van der Waals surface area (Å²) in [5.41, 5.74) is 5.32. The normalized spacial score (nSPS) is 20.1. The highest BCUT2D eigenvalue weighted by atomic mass is 16.6. The number of hydrogen-bond donors (Lipinski definition) is 5. The summed E-state index contributed by atoms with van der Waals surface area (Å²) in [5.74, 6) is -1.97. The van der Waals surface area contributed by atoms with Crippen LogP contribution in [0.2, 0.25) is 0 Å². The van der Waals surface area contributed by atoms with Crippen LogP contribution in [0.1, 0.15) is 74.7 Å². The average molecular weight is 697 g/mol. The monoisotopic (exact) mass is 696 g/mol. The van der Waals surface area contributed by atoms with E-state index in [2.05, 4.69) is 32.9 Å². The second kappa shape index (κ2) is 22.0. The van der Waals surface area contributed by atoms with Gasteiger partial charge in [0.1, 0.15) is 31.0 Å². The number of carbonyl (C=O) groups is 3. The fourth-order valence-corrected chi connectivity index (χ4v) is 4.87. The van der Waals surface area contributed by atoms with E-state index in [1.165, 1.54) is 5.57 Å². The lowest BCUT2D eigenvalue weighted by Gasteiger charge is -2.36. The van der Waals surface area contributed by atoms with E-state index in [0.717, 1.165) is 22.3 Å². The van der Waals surface area contributed by atoms with Crippen LogP contribution in [0.4, 0.5) is 0 Å². The van der Waals surface area contributed by atoms with E-state index in [0.29, 0.717) is 5.57 Å². The molecule has 0 fully saturated rings. The second-order valence-corrected chi connectivity index (χ2v) is 13.4. The molecule has 10 heteroatoms. The van der Waals surface area contributed by atoms with Crippen molar-refractivity contribution in [2.45, 2.75) is 105 Å². The molecule has 1 aliphatic carbocycles. The van der Waals surface area contributed by atoms with Gasteiger partial charge in [0.15, 0.2) is 11.9 Å². The third-order valence-corrected chi connectivity index (χ3v) is 7.89. The molecule has 0 radical (unpaired) electrons. The molecular formula is C40H56O10. The Bertz CT molecular complexity index is 1440. The van der Waals surface area contributed by atoms with Gasteiger partial charge in [0, 0.05) is 6.42 Å². The van der Waals surface area contributed by atoms with Gasteiger partial charge >= 0.3 is 11.9 Å². The zero-order valence-electron chi connectivity index (χ0n) is 30.6. The fourth-order valence-electron chi connectivity index (χ4n) is 4.87. The number of carbonyl (C=O) groups excluding carboxylic acids is 3. The van der Waals surface area contributed by atoms with Crippen LogP contribution in [0, 0.1) is 5.41 Å². The minimum Gasteiger partial charge on any atom is -0.463 e. The van der Waals surface area contributed by atoms with Crippen LogP contribution in [0.3, 0.4) is 0 Å². The minimum atomic E-state index is -1.88. The van der Waals surface area contributed by atoms with Crippen LogP contribution >= 0.6 is 0 Å². The van der Waals surface area contributed by atoms with Gasteiger partial charge in [-0.25, -0.2) is 0 Å². The van der Waals surface area contributed by atoms with E-state index >= 15 is 0 Å². The van der Waals surface area contributed by atoms with Gasteiger partial charge in [0.05, 0.1) is 19.4 Å². The first-order chi connectivity index (χ1) is 23.4. The van der Waals surface area contributed by atoms with Crippen LogP contribution in [0.25, 0.3) is 0 Å². The Labute approximate surface area is 296 Å². The van der Waals surface area contributed by atoms with E-state index in [9.17, 15) is 34.8 Å².